The normalized spacial score (nSPS) is 10.3. The molecule has 0 aliphatic rings. The molecule has 20 heavy (non-hydrogen) atoms. The van der Waals surface area contributed by atoms with E-state index in [2.05, 4.69) is 20.9 Å². The molecular weight excluding hydrogens is 342 g/mol. The summed E-state index contributed by atoms with van der Waals surface area (Å²) in [6.07, 6.45) is 0.713. The van der Waals surface area contributed by atoms with E-state index in [9.17, 15) is 4.79 Å². The second kappa shape index (κ2) is 6.86. The smallest absolute Gasteiger partial charge is 0.338 e. The van der Waals surface area contributed by atoms with Gasteiger partial charge >= 0.3 is 5.97 Å². The van der Waals surface area contributed by atoms with Gasteiger partial charge in [-0.2, -0.15) is 0 Å². The number of nitrogens with zero attached hydrogens (tertiary/aromatic N) is 1. The Morgan fingerprint density at radius 1 is 1.35 bits per heavy atom. The van der Waals surface area contributed by atoms with Crippen LogP contribution in [-0.4, -0.2) is 11.0 Å². The minimum absolute atomic E-state index is 0.210. The zero-order valence-corrected chi connectivity index (χ0v) is 13.2. The predicted octanol–water partition coefficient (Wildman–Crippen LogP) is 4.42. The van der Waals surface area contributed by atoms with Crippen LogP contribution in [0, 0.1) is 0 Å². The molecule has 1 heterocycles. The first-order valence-electron chi connectivity index (χ1n) is 6.17. The van der Waals surface area contributed by atoms with Crippen molar-refractivity contribution in [3.63, 3.8) is 0 Å². The number of halogens is 2. The van der Waals surface area contributed by atoms with Gasteiger partial charge in [-0.3, -0.25) is 0 Å². The molecule has 0 spiro atoms. The maximum absolute atomic E-state index is 12.0. The van der Waals surface area contributed by atoms with Crippen LogP contribution in [0.1, 0.15) is 28.5 Å². The van der Waals surface area contributed by atoms with Gasteiger partial charge in [0.1, 0.15) is 11.8 Å². The number of aromatic nitrogens is 1. The quantitative estimate of drug-likeness (QED) is 0.603. The van der Waals surface area contributed by atoms with Crippen molar-refractivity contribution >= 4 is 33.5 Å². The second-order valence-electron chi connectivity index (χ2n) is 4.19. The van der Waals surface area contributed by atoms with Gasteiger partial charge < -0.3 is 4.74 Å². The van der Waals surface area contributed by atoms with Gasteiger partial charge in [0.25, 0.3) is 0 Å². The molecular formula is C15H13BrClNO2. The van der Waals surface area contributed by atoms with Crippen LogP contribution in [0.4, 0.5) is 0 Å². The summed E-state index contributed by atoms with van der Waals surface area (Å²) in [5, 5.41) is 0.303. The third-order valence-corrected chi connectivity index (χ3v) is 3.73. The van der Waals surface area contributed by atoms with Gasteiger partial charge in [-0.05, 0) is 24.6 Å². The van der Waals surface area contributed by atoms with E-state index in [1.165, 1.54) is 6.07 Å². The van der Waals surface area contributed by atoms with Crippen LogP contribution in [0.2, 0.25) is 5.15 Å². The number of hydrogen-bond donors (Lipinski definition) is 0. The first-order valence-corrected chi connectivity index (χ1v) is 7.34. The molecule has 0 fully saturated rings. The first kappa shape index (κ1) is 15.0. The Kier molecular flexibility index (Phi) is 5.15. The predicted molar refractivity (Wildman–Crippen MR) is 81.9 cm³/mol. The molecule has 0 unspecified atom stereocenters. The van der Waals surface area contributed by atoms with Crippen molar-refractivity contribution in [2.45, 2.75) is 20.0 Å². The number of benzene rings is 1. The molecule has 0 amide bonds. The molecule has 1 aromatic heterocycles. The van der Waals surface area contributed by atoms with Crippen molar-refractivity contribution in [1.82, 2.24) is 4.98 Å². The third kappa shape index (κ3) is 3.81. The first-order chi connectivity index (χ1) is 9.60. The minimum Gasteiger partial charge on any atom is -0.457 e. The van der Waals surface area contributed by atoms with Crippen LogP contribution in [0.15, 0.2) is 40.9 Å². The summed E-state index contributed by atoms with van der Waals surface area (Å²) >= 11 is 9.30. The fourth-order valence-electron chi connectivity index (χ4n) is 1.69. The van der Waals surface area contributed by atoms with Crippen LogP contribution >= 0.6 is 27.5 Å². The van der Waals surface area contributed by atoms with Gasteiger partial charge in [0.15, 0.2) is 0 Å². The van der Waals surface area contributed by atoms with Crippen molar-refractivity contribution < 1.29 is 9.53 Å². The summed E-state index contributed by atoms with van der Waals surface area (Å²) in [6, 6.07) is 10.8. The number of carbonyl (C=O) groups is 1. The van der Waals surface area contributed by atoms with E-state index in [0.717, 1.165) is 15.7 Å². The maximum Gasteiger partial charge on any atom is 0.338 e. The molecule has 3 nitrogen and oxygen atoms in total. The van der Waals surface area contributed by atoms with E-state index in [0.29, 0.717) is 17.1 Å². The Morgan fingerprint density at radius 3 is 2.80 bits per heavy atom. The SMILES string of the molecule is CCc1cc(C(=O)OCc2ccccc2Br)cc(Cl)n1. The van der Waals surface area contributed by atoms with E-state index >= 15 is 0 Å². The van der Waals surface area contributed by atoms with Crippen LogP contribution < -0.4 is 0 Å². The lowest BCUT2D eigenvalue weighted by molar-refractivity contribution is 0.0471. The van der Waals surface area contributed by atoms with Crippen LogP contribution in [-0.2, 0) is 17.8 Å². The van der Waals surface area contributed by atoms with Crippen LogP contribution in [0.25, 0.3) is 0 Å². The molecule has 0 bridgehead atoms. The lowest BCUT2D eigenvalue weighted by Gasteiger charge is -2.07. The summed E-state index contributed by atoms with van der Waals surface area (Å²) in [7, 11) is 0. The molecule has 0 aliphatic heterocycles. The van der Waals surface area contributed by atoms with Crippen molar-refractivity contribution in [3.05, 3.63) is 62.8 Å². The molecule has 0 N–H and O–H groups in total. The third-order valence-electron chi connectivity index (χ3n) is 2.76. The summed E-state index contributed by atoms with van der Waals surface area (Å²) in [5.74, 6) is -0.403. The number of rotatable bonds is 4. The summed E-state index contributed by atoms with van der Waals surface area (Å²) < 4.78 is 6.21. The van der Waals surface area contributed by atoms with Crippen molar-refractivity contribution in [1.29, 1.82) is 0 Å². The lowest BCUT2D eigenvalue weighted by Crippen LogP contribution is -2.07. The molecule has 0 saturated carbocycles. The van der Waals surface area contributed by atoms with Crippen molar-refractivity contribution in [2.24, 2.45) is 0 Å². The average molecular weight is 355 g/mol. The molecule has 5 heteroatoms. The molecule has 0 aliphatic carbocycles. The van der Waals surface area contributed by atoms with E-state index in [4.69, 9.17) is 16.3 Å². The molecule has 1 aromatic carbocycles. The number of hydrogen-bond acceptors (Lipinski definition) is 3. The Labute approximate surface area is 131 Å². The highest BCUT2D eigenvalue weighted by Crippen LogP contribution is 2.18. The Balaban J connectivity index is 2.09. The van der Waals surface area contributed by atoms with Gasteiger partial charge in [0, 0.05) is 15.7 Å². The highest BCUT2D eigenvalue weighted by Gasteiger charge is 2.11. The van der Waals surface area contributed by atoms with Gasteiger partial charge in [0.2, 0.25) is 0 Å². The zero-order valence-electron chi connectivity index (χ0n) is 10.9. The summed E-state index contributed by atoms with van der Waals surface area (Å²) in [5.41, 5.74) is 2.11. The lowest BCUT2D eigenvalue weighted by atomic mass is 10.2. The molecule has 0 radical (unpaired) electrons. The topological polar surface area (TPSA) is 39.2 Å². The van der Waals surface area contributed by atoms with E-state index in [1.807, 2.05) is 31.2 Å². The number of ether oxygens (including phenoxy) is 1. The maximum atomic E-state index is 12.0. The Bertz CT molecular complexity index is 631. The summed E-state index contributed by atoms with van der Waals surface area (Å²) in [4.78, 5) is 16.1. The van der Waals surface area contributed by atoms with Gasteiger partial charge in [-0.25, -0.2) is 9.78 Å². The van der Waals surface area contributed by atoms with Crippen LogP contribution in [0.3, 0.4) is 0 Å². The number of aryl methyl sites for hydroxylation is 1. The van der Waals surface area contributed by atoms with Crippen molar-refractivity contribution in [2.75, 3.05) is 0 Å². The number of pyridine rings is 1. The monoisotopic (exact) mass is 353 g/mol. The number of carbonyl (C=O) groups excluding carboxylic acids is 1. The van der Waals surface area contributed by atoms with E-state index < -0.39 is 5.97 Å². The molecule has 2 aromatic rings. The fourth-order valence-corrected chi connectivity index (χ4v) is 2.32. The number of esters is 1. The van der Waals surface area contributed by atoms with Gasteiger partial charge in [0.05, 0.1) is 5.56 Å². The van der Waals surface area contributed by atoms with Gasteiger partial charge in [-0.1, -0.05) is 52.7 Å². The average Bonchev–Trinajstić information content (AvgIpc) is 2.45. The van der Waals surface area contributed by atoms with Gasteiger partial charge in [-0.15, -0.1) is 0 Å². The minimum atomic E-state index is -0.403. The molecule has 2 rings (SSSR count). The standard InChI is InChI=1S/C15H13BrClNO2/c1-2-12-7-11(8-14(17)18-12)15(19)20-9-10-5-3-4-6-13(10)16/h3-8H,2,9H2,1H3. The fraction of sp³-hybridized carbons (Fsp3) is 0.200. The van der Waals surface area contributed by atoms with E-state index in [1.54, 1.807) is 6.07 Å². The Hall–Kier alpha value is -1.39. The van der Waals surface area contributed by atoms with E-state index in [-0.39, 0.29) is 6.61 Å². The van der Waals surface area contributed by atoms with Crippen LogP contribution in [0.5, 0.6) is 0 Å². The second-order valence-corrected chi connectivity index (χ2v) is 5.43. The molecule has 0 atom stereocenters. The molecule has 104 valence electrons. The Morgan fingerprint density at radius 2 is 2.10 bits per heavy atom. The molecule has 0 saturated heterocycles. The highest BCUT2D eigenvalue weighted by molar-refractivity contribution is 9.10. The van der Waals surface area contributed by atoms with Crippen molar-refractivity contribution in [3.8, 4) is 0 Å². The zero-order chi connectivity index (χ0) is 14.5. The summed E-state index contributed by atoms with van der Waals surface area (Å²) in [6.45, 7) is 2.16. The highest BCUT2D eigenvalue weighted by atomic mass is 79.9. The largest absolute Gasteiger partial charge is 0.457 e.